The van der Waals surface area contributed by atoms with Crippen molar-refractivity contribution in [2.45, 2.75) is 39.3 Å². The van der Waals surface area contributed by atoms with E-state index in [1.807, 2.05) is 50.6 Å². The molecule has 0 saturated heterocycles. The molecule has 1 atom stereocenters. The number of aromatic nitrogens is 2. The molecule has 0 aliphatic heterocycles. The molecule has 2 heterocycles. The van der Waals surface area contributed by atoms with Gasteiger partial charge in [-0.25, -0.2) is 9.78 Å². The predicted octanol–water partition coefficient (Wildman–Crippen LogP) is 3.78. The first-order chi connectivity index (χ1) is 9.76. The van der Waals surface area contributed by atoms with Crippen LogP contribution in [-0.2, 0) is 4.74 Å². The van der Waals surface area contributed by atoms with Crippen molar-refractivity contribution in [3.8, 4) is 0 Å². The van der Waals surface area contributed by atoms with Crippen LogP contribution < -0.4 is 5.32 Å². The van der Waals surface area contributed by atoms with Crippen LogP contribution in [0.25, 0.3) is 11.0 Å². The second-order valence-corrected chi connectivity index (χ2v) is 6.39. The average Bonchev–Trinajstić information content (AvgIpc) is 2.76. The molecule has 0 radical (unpaired) electrons. The lowest BCUT2D eigenvalue weighted by molar-refractivity contribution is 0.0521. The summed E-state index contributed by atoms with van der Waals surface area (Å²) >= 11 is 5.94. The van der Waals surface area contributed by atoms with Gasteiger partial charge in [-0.05, 0) is 45.9 Å². The number of nitrogens with zero attached hydrogens (tertiary/aromatic N) is 2. The van der Waals surface area contributed by atoms with Crippen LogP contribution in [0.5, 0.6) is 0 Å². The lowest BCUT2D eigenvalue weighted by Crippen LogP contribution is -2.35. The zero-order chi connectivity index (χ0) is 15.6. The zero-order valence-electron chi connectivity index (χ0n) is 12.7. The van der Waals surface area contributed by atoms with Gasteiger partial charge in [0.05, 0.1) is 0 Å². The number of halogens is 1. The molecule has 114 valence electrons. The Morgan fingerprint density at radius 2 is 2.14 bits per heavy atom. The summed E-state index contributed by atoms with van der Waals surface area (Å²) < 4.78 is 7.20. The number of alkyl carbamates (subject to hydrolysis) is 1. The SMILES string of the molecule is C[C@H](CNC(=O)OC(C)(C)C)n1ccc2ccc(Cl)nc21. The first-order valence-corrected chi connectivity index (χ1v) is 7.24. The number of carbonyl (C=O) groups is 1. The summed E-state index contributed by atoms with van der Waals surface area (Å²) in [7, 11) is 0. The van der Waals surface area contributed by atoms with E-state index >= 15 is 0 Å². The Morgan fingerprint density at radius 1 is 1.43 bits per heavy atom. The minimum atomic E-state index is -0.497. The van der Waals surface area contributed by atoms with Gasteiger partial charge in [-0.15, -0.1) is 0 Å². The molecule has 0 aliphatic rings. The average molecular weight is 310 g/mol. The first kappa shape index (κ1) is 15.6. The normalized spacial score (nSPS) is 13.2. The predicted molar refractivity (Wildman–Crippen MR) is 83.7 cm³/mol. The molecule has 0 spiro atoms. The number of hydrogen-bond acceptors (Lipinski definition) is 3. The van der Waals surface area contributed by atoms with Crippen molar-refractivity contribution in [1.82, 2.24) is 14.9 Å². The highest BCUT2D eigenvalue weighted by atomic mass is 35.5. The van der Waals surface area contributed by atoms with Gasteiger partial charge >= 0.3 is 6.09 Å². The number of ether oxygens (including phenoxy) is 1. The van der Waals surface area contributed by atoms with E-state index in [0.717, 1.165) is 11.0 Å². The summed E-state index contributed by atoms with van der Waals surface area (Å²) in [5.74, 6) is 0. The summed E-state index contributed by atoms with van der Waals surface area (Å²) in [4.78, 5) is 16.0. The van der Waals surface area contributed by atoms with E-state index in [4.69, 9.17) is 16.3 Å². The van der Waals surface area contributed by atoms with Gasteiger partial charge in [0.25, 0.3) is 0 Å². The molecule has 0 unspecified atom stereocenters. The highest BCUT2D eigenvalue weighted by Gasteiger charge is 2.17. The number of fused-ring (bicyclic) bond motifs is 1. The first-order valence-electron chi connectivity index (χ1n) is 6.86. The van der Waals surface area contributed by atoms with E-state index in [2.05, 4.69) is 10.3 Å². The third-order valence-electron chi connectivity index (χ3n) is 2.95. The van der Waals surface area contributed by atoms with Gasteiger partial charge < -0.3 is 14.6 Å². The van der Waals surface area contributed by atoms with Gasteiger partial charge in [-0.3, -0.25) is 0 Å². The van der Waals surface area contributed by atoms with Crippen molar-refractivity contribution in [2.24, 2.45) is 0 Å². The van der Waals surface area contributed by atoms with E-state index in [1.54, 1.807) is 6.07 Å². The molecule has 1 amide bonds. The third kappa shape index (κ3) is 4.11. The molecule has 2 aromatic heterocycles. The molecule has 2 rings (SSSR count). The molecule has 0 aromatic carbocycles. The van der Waals surface area contributed by atoms with Gasteiger partial charge in [0, 0.05) is 24.2 Å². The van der Waals surface area contributed by atoms with Gasteiger partial charge in [0.2, 0.25) is 0 Å². The third-order valence-corrected chi connectivity index (χ3v) is 3.16. The fourth-order valence-electron chi connectivity index (χ4n) is 2.00. The smallest absolute Gasteiger partial charge is 0.407 e. The molecule has 5 nitrogen and oxygen atoms in total. The molecule has 6 heteroatoms. The van der Waals surface area contributed by atoms with Gasteiger partial charge in [0.15, 0.2) is 0 Å². The zero-order valence-corrected chi connectivity index (χ0v) is 13.4. The molecular formula is C15H20ClN3O2. The molecule has 0 fully saturated rings. The molecule has 1 N–H and O–H groups in total. The summed E-state index contributed by atoms with van der Waals surface area (Å²) in [5, 5.41) is 4.23. The van der Waals surface area contributed by atoms with Crippen molar-refractivity contribution in [2.75, 3.05) is 6.54 Å². The van der Waals surface area contributed by atoms with Crippen LogP contribution in [0.2, 0.25) is 5.15 Å². The summed E-state index contributed by atoms with van der Waals surface area (Å²) in [5.41, 5.74) is 0.309. The topological polar surface area (TPSA) is 56.1 Å². The Hall–Kier alpha value is -1.75. The maximum absolute atomic E-state index is 11.7. The number of amides is 1. The highest BCUT2D eigenvalue weighted by molar-refractivity contribution is 6.29. The molecule has 0 bridgehead atoms. The van der Waals surface area contributed by atoms with Crippen LogP contribution in [0.1, 0.15) is 33.7 Å². The highest BCUT2D eigenvalue weighted by Crippen LogP contribution is 2.20. The number of nitrogens with one attached hydrogen (secondary N) is 1. The lowest BCUT2D eigenvalue weighted by Gasteiger charge is -2.21. The molecule has 21 heavy (non-hydrogen) atoms. The van der Waals surface area contributed by atoms with E-state index in [9.17, 15) is 4.79 Å². The Bertz CT molecular complexity index is 646. The Labute approximate surface area is 129 Å². The molecule has 0 saturated carbocycles. The van der Waals surface area contributed by atoms with Crippen LogP contribution in [-0.4, -0.2) is 27.8 Å². The van der Waals surface area contributed by atoms with Crippen LogP contribution in [0, 0.1) is 0 Å². The number of rotatable bonds is 3. The maximum atomic E-state index is 11.7. The fraction of sp³-hybridized carbons (Fsp3) is 0.467. The summed E-state index contributed by atoms with van der Waals surface area (Å²) in [6.07, 6.45) is 1.52. The van der Waals surface area contributed by atoms with Crippen molar-refractivity contribution < 1.29 is 9.53 Å². The van der Waals surface area contributed by atoms with Crippen molar-refractivity contribution in [3.05, 3.63) is 29.5 Å². The van der Waals surface area contributed by atoms with Crippen molar-refractivity contribution >= 4 is 28.7 Å². The Balaban J connectivity index is 2.04. The monoisotopic (exact) mass is 309 g/mol. The quantitative estimate of drug-likeness (QED) is 0.878. The second kappa shape index (κ2) is 5.93. The van der Waals surface area contributed by atoms with Gasteiger partial charge in [-0.1, -0.05) is 11.6 Å². The van der Waals surface area contributed by atoms with Crippen LogP contribution in [0.4, 0.5) is 4.79 Å². The van der Waals surface area contributed by atoms with Crippen LogP contribution in [0.15, 0.2) is 24.4 Å². The summed E-state index contributed by atoms with van der Waals surface area (Å²) in [6, 6.07) is 5.70. The summed E-state index contributed by atoms with van der Waals surface area (Å²) in [6.45, 7) is 7.95. The van der Waals surface area contributed by atoms with E-state index < -0.39 is 11.7 Å². The standard InChI is InChI=1S/C15H20ClN3O2/c1-10(9-17-14(20)21-15(2,3)4)19-8-7-11-5-6-12(16)18-13(11)19/h5-8,10H,9H2,1-4H3,(H,17,20)/t10-/m1/s1. The lowest BCUT2D eigenvalue weighted by atomic mass is 10.2. The van der Waals surface area contributed by atoms with Crippen molar-refractivity contribution in [1.29, 1.82) is 0 Å². The minimum absolute atomic E-state index is 0.0426. The largest absolute Gasteiger partial charge is 0.444 e. The Morgan fingerprint density at radius 3 is 2.81 bits per heavy atom. The van der Waals surface area contributed by atoms with Crippen LogP contribution in [0.3, 0.4) is 0 Å². The number of hydrogen-bond donors (Lipinski definition) is 1. The van der Waals surface area contributed by atoms with E-state index in [-0.39, 0.29) is 6.04 Å². The van der Waals surface area contributed by atoms with Crippen molar-refractivity contribution in [3.63, 3.8) is 0 Å². The van der Waals surface area contributed by atoms with Crippen LogP contribution >= 0.6 is 11.6 Å². The Kier molecular flexibility index (Phi) is 4.42. The van der Waals surface area contributed by atoms with Gasteiger partial charge in [-0.2, -0.15) is 0 Å². The fourth-order valence-corrected chi connectivity index (χ4v) is 2.15. The minimum Gasteiger partial charge on any atom is -0.444 e. The van der Waals surface area contributed by atoms with E-state index in [0.29, 0.717) is 11.7 Å². The molecule has 0 aliphatic carbocycles. The number of pyridine rings is 1. The second-order valence-electron chi connectivity index (χ2n) is 6.00. The molecular weight excluding hydrogens is 290 g/mol. The van der Waals surface area contributed by atoms with E-state index in [1.165, 1.54) is 0 Å². The number of carbonyl (C=O) groups excluding carboxylic acids is 1. The molecule has 2 aromatic rings. The van der Waals surface area contributed by atoms with Gasteiger partial charge in [0.1, 0.15) is 16.4 Å². The maximum Gasteiger partial charge on any atom is 0.407 e.